The zero-order chi connectivity index (χ0) is 55.2. The number of morpholine rings is 1. The number of amides is 3. The molecule has 4 aliphatic heterocycles. The standard InChI is InChI=1S/C18H15F2N5O4.2C15H10F2N4O4/c19-18(20)28-14-6-12-13(7-15(14)29-18)23-17(22-12)24-16(26)10-5-11(9-21-8-10)25-1-3-27-4-2-25;1-23-7-2-3-18-10(4-7)13(22)21-14-19-8-5-11-12(6-9(8)20-14)25-15(16,17)24-11;1-23-12-4-2-3-7(18-12)13(22)21-14-19-8-5-10-11(6-9(8)20-14)25-15(16,17)24-10/h5-9H,1-4H2,(H2,22,23,24,26);2*2-6H,1H3,(H2,19,20,21,22). The van der Waals surface area contributed by atoms with Crippen LogP contribution in [0.5, 0.6) is 46.1 Å². The molecule has 13 rings (SSSR count). The van der Waals surface area contributed by atoms with Gasteiger partial charge in [-0.05, 0) is 18.2 Å². The van der Waals surface area contributed by atoms with E-state index in [1.807, 2.05) is 0 Å². The minimum absolute atomic E-state index is 0.105. The molecule has 1 saturated heterocycles. The van der Waals surface area contributed by atoms with Gasteiger partial charge in [0, 0.05) is 74.0 Å². The van der Waals surface area contributed by atoms with Crippen LogP contribution in [0.3, 0.4) is 0 Å². The van der Waals surface area contributed by atoms with Gasteiger partial charge in [0.05, 0.1) is 78.0 Å². The molecule has 79 heavy (non-hydrogen) atoms. The number of aromatic nitrogens is 9. The number of rotatable bonds is 9. The quantitative estimate of drug-likeness (QED) is 0.0765. The maximum Gasteiger partial charge on any atom is 0.586 e. The van der Waals surface area contributed by atoms with E-state index in [1.54, 1.807) is 30.5 Å². The van der Waals surface area contributed by atoms with Gasteiger partial charge in [-0.3, -0.25) is 40.3 Å². The first-order valence-corrected chi connectivity index (χ1v) is 23.0. The molecule has 6 aromatic heterocycles. The molecule has 4 aliphatic rings. The fraction of sp³-hybridized carbons (Fsp3) is 0.188. The van der Waals surface area contributed by atoms with E-state index in [4.69, 9.17) is 14.2 Å². The predicted molar refractivity (Wildman–Crippen MR) is 260 cm³/mol. The van der Waals surface area contributed by atoms with Crippen molar-refractivity contribution in [2.24, 2.45) is 0 Å². The number of benzene rings is 3. The molecule has 3 amide bonds. The number of aromatic amines is 3. The third-order valence-corrected chi connectivity index (χ3v) is 11.4. The largest absolute Gasteiger partial charge is 0.586 e. The Morgan fingerprint density at radius 1 is 0.557 bits per heavy atom. The van der Waals surface area contributed by atoms with Crippen molar-refractivity contribution < 1.29 is 83.4 Å². The van der Waals surface area contributed by atoms with Gasteiger partial charge in [-0.1, -0.05) is 6.07 Å². The first-order valence-electron chi connectivity index (χ1n) is 23.0. The highest BCUT2D eigenvalue weighted by molar-refractivity contribution is 6.05. The number of fused-ring (bicyclic) bond motifs is 6. The van der Waals surface area contributed by atoms with E-state index < -0.39 is 36.6 Å². The molecule has 31 heteroatoms. The Labute approximate surface area is 436 Å². The van der Waals surface area contributed by atoms with Crippen LogP contribution < -0.4 is 58.7 Å². The number of ether oxygens (including phenoxy) is 9. The molecular formula is C48H35F6N13O12. The number of imidazole rings is 3. The molecule has 0 radical (unpaired) electrons. The van der Waals surface area contributed by atoms with Crippen molar-refractivity contribution >= 4 is 74.4 Å². The number of carbonyl (C=O) groups excluding carboxylic acids is 3. The summed E-state index contributed by atoms with van der Waals surface area (Å²) < 4.78 is 120. The number of methoxy groups -OCH3 is 2. The van der Waals surface area contributed by atoms with Crippen molar-refractivity contribution in [1.29, 1.82) is 0 Å². The Morgan fingerprint density at radius 2 is 1.03 bits per heavy atom. The molecule has 0 spiro atoms. The number of hydrogen-bond acceptors (Lipinski definition) is 19. The van der Waals surface area contributed by atoms with Crippen molar-refractivity contribution in [1.82, 2.24) is 44.9 Å². The van der Waals surface area contributed by atoms with Gasteiger partial charge in [0.2, 0.25) is 23.7 Å². The number of pyridine rings is 3. The monoisotopic (exact) mass is 1100 g/mol. The lowest BCUT2D eigenvalue weighted by atomic mass is 10.2. The minimum atomic E-state index is -3.70. The molecular weight excluding hydrogens is 1060 g/mol. The van der Waals surface area contributed by atoms with E-state index in [-0.39, 0.29) is 63.7 Å². The molecule has 25 nitrogen and oxygen atoms in total. The van der Waals surface area contributed by atoms with Crippen molar-refractivity contribution in [2.45, 2.75) is 18.9 Å². The van der Waals surface area contributed by atoms with E-state index >= 15 is 0 Å². The lowest BCUT2D eigenvalue weighted by Crippen LogP contribution is -2.36. The van der Waals surface area contributed by atoms with Crippen molar-refractivity contribution in [3.8, 4) is 46.1 Å². The number of nitrogens with zero attached hydrogens (tertiary/aromatic N) is 7. The Bertz CT molecular complexity index is 3560. The number of anilines is 4. The summed E-state index contributed by atoms with van der Waals surface area (Å²) in [5.41, 5.74) is 3.68. The second-order valence-corrected chi connectivity index (χ2v) is 16.7. The third kappa shape index (κ3) is 11.2. The zero-order valence-corrected chi connectivity index (χ0v) is 40.3. The van der Waals surface area contributed by atoms with Gasteiger partial charge in [0.15, 0.2) is 34.5 Å². The van der Waals surface area contributed by atoms with Gasteiger partial charge >= 0.3 is 18.9 Å². The van der Waals surface area contributed by atoms with E-state index in [9.17, 15) is 40.7 Å². The summed E-state index contributed by atoms with van der Waals surface area (Å²) in [5.74, 6) is -0.944. The van der Waals surface area contributed by atoms with Gasteiger partial charge in [0.25, 0.3) is 17.7 Å². The topological polar surface area (TPSA) is 298 Å². The molecule has 0 atom stereocenters. The highest BCUT2D eigenvalue weighted by Gasteiger charge is 2.46. The first-order chi connectivity index (χ1) is 37.8. The molecule has 3 aromatic carbocycles. The summed E-state index contributed by atoms with van der Waals surface area (Å²) in [6, 6.07) is 17.4. The van der Waals surface area contributed by atoms with Gasteiger partial charge < -0.3 is 62.5 Å². The number of alkyl halides is 6. The summed E-state index contributed by atoms with van der Waals surface area (Å²) in [4.78, 5) is 72.1. The number of hydrogen-bond donors (Lipinski definition) is 6. The minimum Gasteiger partial charge on any atom is -0.497 e. The van der Waals surface area contributed by atoms with Crippen molar-refractivity contribution in [3.05, 3.63) is 108 Å². The maximum absolute atomic E-state index is 13.2. The van der Waals surface area contributed by atoms with Crippen LogP contribution in [-0.4, -0.2) is 122 Å². The molecule has 1 fully saturated rings. The lowest BCUT2D eigenvalue weighted by molar-refractivity contribution is -0.287. The molecule has 406 valence electrons. The Hall–Kier alpha value is -10.3. The fourth-order valence-electron chi connectivity index (χ4n) is 7.93. The van der Waals surface area contributed by atoms with Gasteiger partial charge in [0.1, 0.15) is 17.1 Å². The molecule has 6 N–H and O–H groups in total. The van der Waals surface area contributed by atoms with Crippen molar-refractivity contribution in [3.63, 3.8) is 0 Å². The third-order valence-electron chi connectivity index (χ3n) is 11.4. The fourth-order valence-corrected chi connectivity index (χ4v) is 7.93. The van der Waals surface area contributed by atoms with Gasteiger partial charge in [-0.25, -0.2) is 19.9 Å². The van der Waals surface area contributed by atoms with Crippen LogP contribution in [0.15, 0.2) is 91.4 Å². The van der Waals surface area contributed by atoms with Crippen LogP contribution in [0.1, 0.15) is 31.3 Å². The van der Waals surface area contributed by atoms with Crippen LogP contribution in [0.2, 0.25) is 0 Å². The summed E-state index contributed by atoms with van der Waals surface area (Å²) in [6.45, 7) is 2.70. The van der Waals surface area contributed by atoms with E-state index in [0.717, 1.165) is 18.8 Å². The average molecular weight is 1100 g/mol. The van der Waals surface area contributed by atoms with Crippen molar-refractivity contribution in [2.75, 3.05) is 61.4 Å². The van der Waals surface area contributed by atoms with Crippen LogP contribution in [0, 0.1) is 0 Å². The SMILES string of the molecule is COc1cccc(C(=O)Nc2nc3cc4c(cc3[nH]2)OC(F)(F)O4)n1.COc1ccnc(C(=O)Nc2nc3cc4c(cc3[nH]2)OC(F)(F)O4)c1.O=C(Nc1nc2cc3c(cc2[nH]1)OC(F)(F)O3)c1cncc(N2CCOCC2)c1. The van der Waals surface area contributed by atoms with Crippen LogP contribution in [0.25, 0.3) is 33.1 Å². The Balaban J connectivity index is 0.000000126. The van der Waals surface area contributed by atoms with Gasteiger partial charge in [-0.15, -0.1) is 26.3 Å². The molecule has 0 bridgehead atoms. The Kier molecular flexibility index (Phi) is 12.9. The molecule has 0 aliphatic carbocycles. The number of carbonyl (C=O) groups is 3. The maximum atomic E-state index is 13.2. The number of nitrogens with one attached hydrogen (secondary N) is 6. The summed E-state index contributed by atoms with van der Waals surface area (Å²) in [5, 5.41) is 7.72. The normalized spacial score (nSPS) is 15.6. The predicted octanol–water partition coefficient (Wildman–Crippen LogP) is 7.45. The van der Waals surface area contributed by atoms with Crippen LogP contribution >= 0.6 is 0 Å². The second kappa shape index (κ2) is 20.0. The second-order valence-electron chi connectivity index (χ2n) is 16.7. The van der Waals surface area contributed by atoms with Gasteiger partial charge in [-0.2, -0.15) is 0 Å². The molecule has 0 saturated carbocycles. The molecule has 10 heterocycles. The highest BCUT2D eigenvalue weighted by atomic mass is 19.3. The molecule has 9 aromatic rings. The van der Waals surface area contributed by atoms with Crippen LogP contribution in [-0.2, 0) is 4.74 Å². The summed E-state index contributed by atoms with van der Waals surface area (Å²) in [7, 11) is 2.92. The van der Waals surface area contributed by atoms with E-state index in [2.05, 4.69) is 94.1 Å². The summed E-state index contributed by atoms with van der Waals surface area (Å²) in [6.07, 6.45) is -6.50. The number of H-pyrrole nitrogens is 3. The summed E-state index contributed by atoms with van der Waals surface area (Å²) >= 11 is 0. The van der Waals surface area contributed by atoms with E-state index in [0.29, 0.717) is 63.5 Å². The lowest BCUT2D eigenvalue weighted by Gasteiger charge is -2.28. The average Bonchev–Trinajstić information content (AvgIpc) is 4.30. The number of halogens is 6. The van der Waals surface area contributed by atoms with E-state index in [1.165, 1.54) is 75.1 Å². The Morgan fingerprint density at radius 3 is 1.51 bits per heavy atom. The molecule has 0 unspecified atom stereocenters. The highest BCUT2D eigenvalue weighted by Crippen LogP contribution is 2.45. The van der Waals surface area contributed by atoms with Crippen LogP contribution in [0.4, 0.5) is 49.9 Å². The first kappa shape index (κ1) is 50.8. The smallest absolute Gasteiger partial charge is 0.497 e. The zero-order valence-electron chi connectivity index (χ0n) is 40.3.